The first-order valence-corrected chi connectivity index (χ1v) is 6.34. The van der Waals surface area contributed by atoms with Crippen molar-refractivity contribution < 1.29 is 18.7 Å². The highest BCUT2D eigenvalue weighted by Gasteiger charge is 2.05. The van der Waals surface area contributed by atoms with Gasteiger partial charge in [-0.1, -0.05) is 0 Å². The molecule has 0 aliphatic carbocycles. The zero-order valence-corrected chi connectivity index (χ0v) is 10.6. The smallest absolute Gasteiger partial charge is 0.308 e. The van der Waals surface area contributed by atoms with E-state index in [0.717, 1.165) is 15.8 Å². The molecule has 0 aliphatic heterocycles. The van der Waals surface area contributed by atoms with Gasteiger partial charge in [-0.3, -0.25) is 4.79 Å². The van der Waals surface area contributed by atoms with Crippen LogP contribution in [0.5, 0.6) is 0 Å². The number of carboxylic acids is 1. The van der Waals surface area contributed by atoms with E-state index in [1.165, 1.54) is 23.5 Å². The Morgan fingerprint density at radius 1 is 1.16 bits per heavy atom. The molecule has 19 heavy (non-hydrogen) atoms. The maximum Gasteiger partial charge on any atom is 0.308 e. The molecule has 0 unspecified atom stereocenters. The summed E-state index contributed by atoms with van der Waals surface area (Å²) in [5.41, 5.74) is 0.352. The SMILES string of the molecule is O=C(O)Cc1ccc(CNc2cc(F)cc(F)c2)s1. The standard InChI is InChI=1S/C13H11F2NO2S/c14-8-3-9(15)5-10(4-8)16-7-12-2-1-11(19-12)6-13(17)18/h1-5,16H,6-7H2,(H,17,18). The molecule has 0 saturated heterocycles. The van der Waals surface area contributed by atoms with Crippen LogP contribution in [-0.4, -0.2) is 11.1 Å². The van der Waals surface area contributed by atoms with Gasteiger partial charge in [0.05, 0.1) is 6.42 Å². The summed E-state index contributed by atoms with van der Waals surface area (Å²) in [6.07, 6.45) is -0.0146. The van der Waals surface area contributed by atoms with Crippen LogP contribution in [0.25, 0.3) is 0 Å². The highest BCUT2D eigenvalue weighted by atomic mass is 32.1. The molecular formula is C13H11F2NO2S. The van der Waals surface area contributed by atoms with Crippen LogP contribution in [0.2, 0.25) is 0 Å². The monoisotopic (exact) mass is 283 g/mol. The second-order valence-electron chi connectivity index (χ2n) is 3.95. The molecular weight excluding hydrogens is 272 g/mol. The molecule has 0 fully saturated rings. The summed E-state index contributed by atoms with van der Waals surface area (Å²) >= 11 is 1.36. The Bertz CT molecular complexity index is 578. The van der Waals surface area contributed by atoms with Crippen LogP contribution in [0.1, 0.15) is 9.75 Å². The molecule has 3 nitrogen and oxygen atoms in total. The van der Waals surface area contributed by atoms with Gasteiger partial charge in [0.25, 0.3) is 0 Å². The van der Waals surface area contributed by atoms with E-state index in [9.17, 15) is 13.6 Å². The molecule has 0 radical (unpaired) electrons. The maximum absolute atomic E-state index is 13.0. The summed E-state index contributed by atoms with van der Waals surface area (Å²) in [6, 6.07) is 6.75. The van der Waals surface area contributed by atoms with E-state index in [1.807, 2.05) is 0 Å². The van der Waals surface area contributed by atoms with Crippen molar-refractivity contribution in [2.24, 2.45) is 0 Å². The van der Waals surface area contributed by atoms with Crippen molar-refractivity contribution >= 4 is 23.0 Å². The molecule has 0 amide bonds. The van der Waals surface area contributed by atoms with Gasteiger partial charge < -0.3 is 10.4 Å². The molecule has 0 spiro atoms. The lowest BCUT2D eigenvalue weighted by atomic mass is 10.3. The van der Waals surface area contributed by atoms with Gasteiger partial charge in [0.2, 0.25) is 0 Å². The number of carbonyl (C=O) groups is 1. The lowest BCUT2D eigenvalue weighted by Gasteiger charge is -2.05. The maximum atomic E-state index is 13.0. The summed E-state index contributed by atoms with van der Waals surface area (Å²) in [7, 11) is 0. The number of hydrogen-bond acceptors (Lipinski definition) is 3. The van der Waals surface area contributed by atoms with E-state index in [2.05, 4.69) is 5.32 Å². The van der Waals surface area contributed by atoms with Crippen molar-refractivity contribution in [3.63, 3.8) is 0 Å². The summed E-state index contributed by atoms with van der Waals surface area (Å²) in [5, 5.41) is 11.5. The Balaban J connectivity index is 1.98. The number of hydrogen-bond donors (Lipinski definition) is 2. The summed E-state index contributed by atoms with van der Waals surface area (Å²) in [6.45, 7) is 0.396. The van der Waals surface area contributed by atoms with Crippen LogP contribution >= 0.6 is 11.3 Å². The Hall–Kier alpha value is -1.95. The van der Waals surface area contributed by atoms with Crippen molar-refractivity contribution in [3.8, 4) is 0 Å². The van der Waals surface area contributed by atoms with Crippen LogP contribution in [0.3, 0.4) is 0 Å². The first-order chi connectivity index (χ1) is 9.02. The van der Waals surface area contributed by atoms with Gasteiger partial charge in [-0.05, 0) is 24.3 Å². The van der Waals surface area contributed by atoms with Crippen molar-refractivity contribution in [2.75, 3.05) is 5.32 Å². The molecule has 2 N–H and O–H groups in total. The molecule has 0 atom stereocenters. The van der Waals surface area contributed by atoms with E-state index < -0.39 is 17.6 Å². The van der Waals surface area contributed by atoms with Gasteiger partial charge in [0, 0.05) is 28.1 Å². The Morgan fingerprint density at radius 3 is 2.42 bits per heavy atom. The van der Waals surface area contributed by atoms with E-state index in [1.54, 1.807) is 12.1 Å². The van der Waals surface area contributed by atoms with Crippen LogP contribution in [0.15, 0.2) is 30.3 Å². The summed E-state index contributed by atoms with van der Waals surface area (Å²) < 4.78 is 25.9. The normalized spacial score (nSPS) is 10.4. The average molecular weight is 283 g/mol. The topological polar surface area (TPSA) is 49.3 Å². The highest BCUT2D eigenvalue weighted by molar-refractivity contribution is 7.12. The molecule has 2 rings (SSSR count). The fraction of sp³-hybridized carbons (Fsp3) is 0.154. The number of anilines is 1. The molecule has 1 aromatic heterocycles. The predicted octanol–water partition coefficient (Wildman–Crippen LogP) is 3.27. The summed E-state index contributed by atoms with van der Waals surface area (Å²) in [4.78, 5) is 12.2. The van der Waals surface area contributed by atoms with E-state index in [4.69, 9.17) is 5.11 Å². The molecule has 0 saturated carbocycles. The minimum Gasteiger partial charge on any atom is -0.481 e. The largest absolute Gasteiger partial charge is 0.481 e. The fourth-order valence-corrected chi connectivity index (χ4v) is 2.56. The molecule has 100 valence electrons. The van der Waals surface area contributed by atoms with E-state index in [0.29, 0.717) is 12.2 Å². The zero-order chi connectivity index (χ0) is 13.8. The number of benzene rings is 1. The van der Waals surface area contributed by atoms with Crippen LogP contribution in [-0.2, 0) is 17.8 Å². The van der Waals surface area contributed by atoms with Crippen molar-refractivity contribution in [1.82, 2.24) is 0 Å². The Kier molecular flexibility index (Phi) is 4.11. The van der Waals surface area contributed by atoms with Crippen LogP contribution in [0, 0.1) is 11.6 Å². The van der Waals surface area contributed by atoms with Crippen LogP contribution < -0.4 is 5.32 Å². The average Bonchev–Trinajstić information content (AvgIpc) is 2.72. The molecule has 2 aromatic rings. The summed E-state index contributed by atoms with van der Waals surface area (Å²) in [5.74, 6) is -2.16. The van der Waals surface area contributed by atoms with Crippen molar-refractivity contribution in [1.29, 1.82) is 0 Å². The quantitative estimate of drug-likeness (QED) is 0.885. The molecule has 1 aromatic carbocycles. The molecule has 6 heteroatoms. The van der Waals surface area contributed by atoms with Gasteiger partial charge in [-0.2, -0.15) is 0 Å². The second kappa shape index (κ2) is 5.79. The Morgan fingerprint density at radius 2 is 1.79 bits per heavy atom. The minimum absolute atomic E-state index is 0.0146. The lowest BCUT2D eigenvalue weighted by Crippen LogP contribution is -1.99. The van der Waals surface area contributed by atoms with Crippen molar-refractivity contribution in [3.05, 3.63) is 51.7 Å². The van der Waals surface area contributed by atoms with Gasteiger partial charge in [0.15, 0.2) is 0 Å². The lowest BCUT2D eigenvalue weighted by molar-refractivity contribution is -0.136. The number of thiophene rings is 1. The third kappa shape index (κ3) is 4.03. The molecule has 0 aliphatic rings. The number of halogens is 2. The third-order valence-electron chi connectivity index (χ3n) is 2.37. The predicted molar refractivity (Wildman–Crippen MR) is 69.3 cm³/mol. The number of carboxylic acid groups (broad SMARTS) is 1. The highest BCUT2D eigenvalue weighted by Crippen LogP contribution is 2.19. The minimum atomic E-state index is -0.881. The zero-order valence-electron chi connectivity index (χ0n) is 9.82. The third-order valence-corrected chi connectivity index (χ3v) is 3.46. The van der Waals surface area contributed by atoms with Gasteiger partial charge in [-0.25, -0.2) is 8.78 Å². The number of nitrogens with one attached hydrogen (secondary N) is 1. The number of rotatable bonds is 5. The van der Waals surface area contributed by atoms with Gasteiger partial charge in [-0.15, -0.1) is 11.3 Å². The van der Waals surface area contributed by atoms with E-state index in [-0.39, 0.29) is 6.42 Å². The van der Waals surface area contributed by atoms with Crippen molar-refractivity contribution in [2.45, 2.75) is 13.0 Å². The molecule has 0 bridgehead atoms. The Labute approximate surface area is 112 Å². The first-order valence-electron chi connectivity index (χ1n) is 5.52. The van der Waals surface area contributed by atoms with E-state index >= 15 is 0 Å². The fourth-order valence-electron chi connectivity index (χ4n) is 1.61. The molecule has 1 heterocycles. The van der Waals surface area contributed by atoms with Gasteiger partial charge in [0.1, 0.15) is 11.6 Å². The van der Waals surface area contributed by atoms with Gasteiger partial charge >= 0.3 is 5.97 Å². The second-order valence-corrected chi connectivity index (χ2v) is 5.20. The van der Waals surface area contributed by atoms with Crippen LogP contribution in [0.4, 0.5) is 14.5 Å². The number of aliphatic carboxylic acids is 1. The first kappa shape index (κ1) is 13.5.